The molecule has 0 aromatic heterocycles. The molecule has 0 aliphatic heterocycles. The lowest BCUT2D eigenvalue weighted by molar-refractivity contribution is 0.481. The summed E-state index contributed by atoms with van der Waals surface area (Å²) in [7, 11) is 0. The van der Waals surface area contributed by atoms with Gasteiger partial charge >= 0.3 is 0 Å². The molecular formula is C11H7Cl2O. The van der Waals surface area contributed by atoms with E-state index in [0.717, 1.165) is 10.9 Å². The number of hydrogen-bond acceptors (Lipinski definition) is 1. The van der Waals surface area contributed by atoms with Gasteiger partial charge in [-0.3, -0.25) is 0 Å². The molecule has 0 fully saturated rings. The Bertz CT molecular complexity index is 506. The lowest BCUT2D eigenvalue weighted by Crippen LogP contribution is -1.82. The molecule has 2 aromatic rings. The first kappa shape index (κ1) is 9.63. The zero-order valence-electron chi connectivity index (χ0n) is 7.22. The van der Waals surface area contributed by atoms with E-state index < -0.39 is 0 Å². The van der Waals surface area contributed by atoms with E-state index >= 15 is 0 Å². The normalized spacial score (nSPS) is 10.8. The number of hydrogen-bond donors (Lipinski definition) is 1. The van der Waals surface area contributed by atoms with Gasteiger partial charge in [0.1, 0.15) is 5.75 Å². The van der Waals surface area contributed by atoms with Crippen LogP contribution in [0.4, 0.5) is 0 Å². The highest BCUT2D eigenvalue weighted by molar-refractivity contribution is 6.45. The van der Waals surface area contributed by atoms with E-state index in [-0.39, 0.29) is 5.75 Å². The van der Waals surface area contributed by atoms with E-state index in [2.05, 4.69) is 6.92 Å². The van der Waals surface area contributed by atoms with Crippen LogP contribution in [0.5, 0.6) is 5.75 Å². The highest BCUT2D eigenvalue weighted by atomic mass is 35.5. The number of rotatable bonds is 0. The van der Waals surface area contributed by atoms with Crippen LogP contribution in [0.25, 0.3) is 10.8 Å². The minimum absolute atomic E-state index is 0.125. The number of halogens is 2. The average Bonchev–Trinajstić information content (AvgIpc) is 2.14. The molecule has 1 nitrogen and oxygen atoms in total. The largest absolute Gasteiger partial charge is 0.507 e. The van der Waals surface area contributed by atoms with Gasteiger partial charge in [-0.2, -0.15) is 0 Å². The van der Waals surface area contributed by atoms with Crippen molar-refractivity contribution in [1.29, 1.82) is 0 Å². The Labute approximate surface area is 91.9 Å². The van der Waals surface area contributed by atoms with Crippen molar-refractivity contribution in [2.75, 3.05) is 0 Å². The molecule has 71 valence electrons. The Kier molecular flexibility index (Phi) is 2.30. The summed E-state index contributed by atoms with van der Waals surface area (Å²) in [5, 5.41) is 11.8. The summed E-state index contributed by atoms with van der Waals surface area (Å²) >= 11 is 11.9. The molecule has 0 saturated carbocycles. The third-order valence-electron chi connectivity index (χ3n) is 2.12. The van der Waals surface area contributed by atoms with Crippen LogP contribution in [0.1, 0.15) is 5.56 Å². The van der Waals surface area contributed by atoms with Crippen molar-refractivity contribution in [2.24, 2.45) is 0 Å². The van der Waals surface area contributed by atoms with Gasteiger partial charge in [0.25, 0.3) is 0 Å². The Morgan fingerprint density at radius 1 is 1.21 bits per heavy atom. The van der Waals surface area contributed by atoms with Crippen molar-refractivity contribution < 1.29 is 5.11 Å². The minimum atomic E-state index is 0.125. The van der Waals surface area contributed by atoms with Crippen molar-refractivity contribution in [2.45, 2.75) is 0 Å². The highest BCUT2D eigenvalue weighted by Crippen LogP contribution is 2.37. The monoisotopic (exact) mass is 225 g/mol. The van der Waals surface area contributed by atoms with Crippen LogP contribution in [-0.2, 0) is 0 Å². The van der Waals surface area contributed by atoms with E-state index in [9.17, 15) is 5.11 Å². The van der Waals surface area contributed by atoms with Crippen LogP contribution >= 0.6 is 23.2 Å². The zero-order valence-corrected chi connectivity index (χ0v) is 8.73. The third-order valence-corrected chi connectivity index (χ3v) is 2.91. The standard InChI is InChI=1S/C11H7Cl2O/c1-6-5-8(12)11(13)10-7(6)3-2-4-9(10)14/h2-5,14H,1H2. The molecule has 0 unspecified atom stereocenters. The second-order valence-electron chi connectivity index (χ2n) is 3.03. The van der Waals surface area contributed by atoms with Crippen molar-refractivity contribution in [1.82, 2.24) is 0 Å². The summed E-state index contributed by atoms with van der Waals surface area (Å²) in [5.41, 5.74) is 0.755. The Morgan fingerprint density at radius 2 is 1.93 bits per heavy atom. The Balaban J connectivity index is 3.03. The Morgan fingerprint density at radius 3 is 2.64 bits per heavy atom. The molecule has 1 N–H and O–H groups in total. The number of phenolic OH excluding ortho intramolecular Hbond substituents is 1. The first-order valence-corrected chi connectivity index (χ1v) is 4.78. The molecule has 1 radical (unpaired) electrons. The number of phenols is 1. The molecule has 14 heavy (non-hydrogen) atoms. The molecule has 0 spiro atoms. The van der Waals surface area contributed by atoms with E-state index in [1.807, 2.05) is 6.07 Å². The van der Waals surface area contributed by atoms with Gasteiger partial charge in [0.2, 0.25) is 0 Å². The summed E-state index contributed by atoms with van der Waals surface area (Å²) < 4.78 is 0. The molecule has 0 aliphatic carbocycles. The van der Waals surface area contributed by atoms with Crippen LogP contribution in [0.15, 0.2) is 24.3 Å². The average molecular weight is 226 g/mol. The van der Waals surface area contributed by atoms with Crippen LogP contribution in [0, 0.1) is 6.92 Å². The topological polar surface area (TPSA) is 20.2 Å². The second-order valence-corrected chi connectivity index (χ2v) is 3.82. The lowest BCUT2D eigenvalue weighted by atomic mass is 10.0. The van der Waals surface area contributed by atoms with E-state index in [1.165, 1.54) is 0 Å². The molecular weight excluding hydrogens is 219 g/mol. The molecule has 0 amide bonds. The van der Waals surface area contributed by atoms with Gasteiger partial charge in [-0.25, -0.2) is 0 Å². The van der Waals surface area contributed by atoms with Crippen LogP contribution in [0.3, 0.4) is 0 Å². The molecule has 3 heteroatoms. The molecule has 0 atom stereocenters. The maximum absolute atomic E-state index is 9.63. The van der Waals surface area contributed by atoms with Gasteiger partial charge in [-0.1, -0.05) is 35.3 Å². The third kappa shape index (κ3) is 1.33. The van der Waals surface area contributed by atoms with Gasteiger partial charge in [0, 0.05) is 5.39 Å². The number of fused-ring (bicyclic) bond motifs is 1. The second kappa shape index (κ2) is 3.34. The fourth-order valence-electron chi connectivity index (χ4n) is 1.45. The van der Waals surface area contributed by atoms with Gasteiger partial charge < -0.3 is 5.11 Å². The van der Waals surface area contributed by atoms with E-state index in [0.29, 0.717) is 15.4 Å². The fourth-order valence-corrected chi connectivity index (χ4v) is 1.93. The maximum atomic E-state index is 9.63. The van der Waals surface area contributed by atoms with Gasteiger partial charge in [0.05, 0.1) is 10.0 Å². The lowest BCUT2D eigenvalue weighted by Gasteiger charge is -2.07. The van der Waals surface area contributed by atoms with Crippen LogP contribution in [-0.4, -0.2) is 5.11 Å². The first-order chi connectivity index (χ1) is 6.61. The highest BCUT2D eigenvalue weighted by Gasteiger charge is 2.09. The predicted octanol–water partition coefficient (Wildman–Crippen LogP) is 4.03. The molecule has 0 heterocycles. The maximum Gasteiger partial charge on any atom is 0.124 e. The Hall–Kier alpha value is -0.920. The minimum Gasteiger partial charge on any atom is -0.507 e. The van der Waals surface area contributed by atoms with Crippen molar-refractivity contribution >= 4 is 34.0 Å². The summed E-state index contributed by atoms with van der Waals surface area (Å²) in [6.07, 6.45) is 0. The fraction of sp³-hybridized carbons (Fsp3) is 0. The zero-order chi connectivity index (χ0) is 10.3. The summed E-state index contributed by atoms with van der Waals surface area (Å²) in [6, 6.07) is 6.85. The molecule has 0 saturated heterocycles. The summed E-state index contributed by atoms with van der Waals surface area (Å²) in [5.74, 6) is 0.125. The van der Waals surface area contributed by atoms with Crippen molar-refractivity contribution in [3.05, 3.63) is 46.8 Å². The smallest absolute Gasteiger partial charge is 0.124 e. The van der Waals surface area contributed by atoms with Gasteiger partial charge in [-0.05, 0) is 30.0 Å². The summed E-state index contributed by atoms with van der Waals surface area (Å²) in [6.45, 7) is 3.84. The van der Waals surface area contributed by atoms with Crippen molar-refractivity contribution in [3.63, 3.8) is 0 Å². The number of benzene rings is 2. The van der Waals surface area contributed by atoms with Gasteiger partial charge in [-0.15, -0.1) is 0 Å². The SMILES string of the molecule is [CH2]c1cc(Cl)c(Cl)c2c(O)cccc12. The van der Waals surface area contributed by atoms with E-state index in [1.54, 1.807) is 18.2 Å². The number of aromatic hydroxyl groups is 1. The van der Waals surface area contributed by atoms with Crippen molar-refractivity contribution in [3.8, 4) is 5.75 Å². The molecule has 0 aliphatic rings. The molecule has 2 rings (SSSR count). The van der Waals surface area contributed by atoms with Crippen LogP contribution in [0.2, 0.25) is 10.0 Å². The summed E-state index contributed by atoms with van der Waals surface area (Å²) in [4.78, 5) is 0. The first-order valence-electron chi connectivity index (χ1n) is 4.03. The quantitative estimate of drug-likeness (QED) is 0.718. The van der Waals surface area contributed by atoms with E-state index in [4.69, 9.17) is 23.2 Å². The molecule has 2 aromatic carbocycles. The predicted molar refractivity (Wildman–Crippen MR) is 60.1 cm³/mol. The van der Waals surface area contributed by atoms with Crippen LogP contribution < -0.4 is 0 Å². The molecule has 0 bridgehead atoms. The van der Waals surface area contributed by atoms with Gasteiger partial charge in [0.15, 0.2) is 0 Å².